The van der Waals surface area contributed by atoms with E-state index in [0.29, 0.717) is 6.54 Å². The van der Waals surface area contributed by atoms with E-state index >= 15 is 0 Å². The van der Waals surface area contributed by atoms with Crippen LogP contribution in [0.5, 0.6) is 0 Å². The average Bonchev–Trinajstić information content (AvgIpc) is 2.31. The van der Waals surface area contributed by atoms with Gasteiger partial charge in [0.2, 0.25) is 12.3 Å². The first kappa shape index (κ1) is 14.1. The SMILES string of the molecule is Br.O=C(C[n+]1ccccc1)c1ccc(Br)cc1. The molecule has 88 valence electrons. The Balaban J connectivity index is 0.00000144. The highest BCUT2D eigenvalue weighted by Crippen LogP contribution is 2.10. The summed E-state index contributed by atoms with van der Waals surface area (Å²) in [5, 5.41) is 0. The van der Waals surface area contributed by atoms with E-state index in [9.17, 15) is 4.79 Å². The zero-order valence-corrected chi connectivity index (χ0v) is 12.3. The Morgan fingerprint density at radius 3 is 2.24 bits per heavy atom. The van der Waals surface area contributed by atoms with Crippen molar-refractivity contribution in [2.75, 3.05) is 0 Å². The Morgan fingerprint density at radius 1 is 1.06 bits per heavy atom. The first-order valence-corrected chi connectivity index (χ1v) is 5.78. The van der Waals surface area contributed by atoms with Crippen molar-refractivity contribution < 1.29 is 9.36 Å². The van der Waals surface area contributed by atoms with Crippen LogP contribution in [0.4, 0.5) is 0 Å². The third-order valence-electron chi connectivity index (χ3n) is 2.27. The van der Waals surface area contributed by atoms with E-state index in [2.05, 4.69) is 15.9 Å². The monoisotopic (exact) mass is 356 g/mol. The van der Waals surface area contributed by atoms with Gasteiger partial charge in [0.05, 0.1) is 0 Å². The Labute approximate surface area is 119 Å². The molecule has 0 bridgehead atoms. The highest BCUT2D eigenvalue weighted by atomic mass is 79.9. The number of nitrogens with zero attached hydrogens (tertiary/aromatic N) is 1. The molecule has 0 amide bonds. The van der Waals surface area contributed by atoms with Gasteiger partial charge in [-0.2, -0.15) is 4.57 Å². The number of benzene rings is 1. The lowest BCUT2D eigenvalue weighted by Gasteiger charge is -1.98. The van der Waals surface area contributed by atoms with Gasteiger partial charge in [-0.05, 0) is 12.1 Å². The van der Waals surface area contributed by atoms with Gasteiger partial charge in [-0.3, -0.25) is 4.79 Å². The van der Waals surface area contributed by atoms with Crippen LogP contribution in [-0.4, -0.2) is 5.78 Å². The number of pyridine rings is 1. The molecule has 0 N–H and O–H groups in total. The molecule has 1 aromatic carbocycles. The summed E-state index contributed by atoms with van der Waals surface area (Å²) in [5.74, 6) is 0.115. The van der Waals surface area contributed by atoms with Gasteiger partial charge in [0.25, 0.3) is 0 Å². The van der Waals surface area contributed by atoms with Gasteiger partial charge in [0.15, 0.2) is 12.4 Å². The smallest absolute Gasteiger partial charge is 0.227 e. The summed E-state index contributed by atoms with van der Waals surface area (Å²) in [5.41, 5.74) is 0.736. The van der Waals surface area contributed by atoms with E-state index < -0.39 is 0 Å². The Hall–Kier alpha value is -1.00. The maximum Gasteiger partial charge on any atom is 0.227 e. The van der Waals surface area contributed by atoms with Crippen LogP contribution in [0.1, 0.15) is 10.4 Å². The van der Waals surface area contributed by atoms with Gasteiger partial charge in [0, 0.05) is 22.2 Å². The summed E-state index contributed by atoms with van der Waals surface area (Å²) < 4.78 is 2.85. The molecule has 2 rings (SSSR count). The molecule has 2 nitrogen and oxygen atoms in total. The second-order valence-electron chi connectivity index (χ2n) is 3.48. The number of rotatable bonds is 3. The fraction of sp³-hybridized carbons (Fsp3) is 0.0769. The molecule has 1 heterocycles. The van der Waals surface area contributed by atoms with Crippen LogP contribution in [0.2, 0.25) is 0 Å². The van der Waals surface area contributed by atoms with Crippen molar-refractivity contribution in [1.29, 1.82) is 0 Å². The number of hydrogen-bond acceptors (Lipinski definition) is 1. The van der Waals surface area contributed by atoms with Crippen LogP contribution in [0, 0.1) is 0 Å². The molecule has 0 saturated carbocycles. The van der Waals surface area contributed by atoms with Crippen LogP contribution < -0.4 is 4.57 Å². The van der Waals surface area contributed by atoms with Crippen LogP contribution in [0.25, 0.3) is 0 Å². The number of aromatic nitrogens is 1. The molecule has 0 unspecified atom stereocenters. The Bertz CT molecular complexity index is 483. The van der Waals surface area contributed by atoms with E-state index in [-0.39, 0.29) is 22.8 Å². The maximum absolute atomic E-state index is 11.9. The summed E-state index contributed by atoms with van der Waals surface area (Å²) in [7, 11) is 0. The Kier molecular flexibility index (Phi) is 5.51. The predicted molar refractivity (Wildman–Crippen MR) is 75.4 cm³/mol. The van der Waals surface area contributed by atoms with Gasteiger partial charge in [-0.25, -0.2) is 0 Å². The lowest BCUT2D eigenvalue weighted by Crippen LogP contribution is -2.36. The topological polar surface area (TPSA) is 20.9 Å². The fourth-order valence-electron chi connectivity index (χ4n) is 1.43. The number of hydrogen-bond donors (Lipinski definition) is 0. The molecule has 17 heavy (non-hydrogen) atoms. The second-order valence-corrected chi connectivity index (χ2v) is 4.39. The van der Waals surface area contributed by atoms with E-state index in [4.69, 9.17) is 0 Å². The summed E-state index contributed by atoms with van der Waals surface area (Å²) in [6, 6.07) is 13.2. The van der Waals surface area contributed by atoms with Crippen molar-refractivity contribution in [2.45, 2.75) is 6.54 Å². The number of halogens is 2. The zero-order chi connectivity index (χ0) is 11.4. The predicted octanol–water partition coefficient (Wildman–Crippen LogP) is 3.20. The summed E-state index contributed by atoms with van der Waals surface area (Å²) in [6.45, 7) is 0.377. The first-order chi connectivity index (χ1) is 7.75. The number of carbonyl (C=O) groups excluding carboxylic acids is 1. The van der Waals surface area contributed by atoms with Crippen molar-refractivity contribution in [3.63, 3.8) is 0 Å². The molecule has 2 aromatic rings. The second kappa shape index (κ2) is 6.67. The van der Waals surface area contributed by atoms with Crippen LogP contribution >= 0.6 is 32.9 Å². The highest BCUT2D eigenvalue weighted by molar-refractivity contribution is 9.10. The maximum atomic E-state index is 11.9. The fourth-order valence-corrected chi connectivity index (χ4v) is 1.70. The molecule has 4 heteroatoms. The third-order valence-corrected chi connectivity index (χ3v) is 2.80. The number of Topliss-reactive ketones (excluding diaryl/α,β-unsaturated/α-hetero) is 1. The molecule has 0 aliphatic heterocycles. The quantitative estimate of drug-likeness (QED) is 0.610. The largest absolute Gasteiger partial charge is 0.287 e. The molecule has 0 radical (unpaired) electrons. The molecule has 1 aromatic heterocycles. The van der Waals surface area contributed by atoms with Crippen molar-refractivity contribution in [3.8, 4) is 0 Å². The van der Waals surface area contributed by atoms with Gasteiger partial charge in [-0.15, -0.1) is 17.0 Å². The lowest BCUT2D eigenvalue weighted by atomic mass is 10.1. The minimum atomic E-state index is 0. The van der Waals surface area contributed by atoms with E-state index in [1.54, 1.807) is 0 Å². The first-order valence-electron chi connectivity index (χ1n) is 4.98. The number of carbonyl (C=O) groups is 1. The summed E-state index contributed by atoms with van der Waals surface area (Å²) in [6.07, 6.45) is 3.77. The summed E-state index contributed by atoms with van der Waals surface area (Å²) >= 11 is 3.34. The summed E-state index contributed by atoms with van der Waals surface area (Å²) in [4.78, 5) is 11.9. The van der Waals surface area contributed by atoms with E-state index in [1.165, 1.54) is 0 Å². The molecule has 0 fully saturated rings. The minimum absolute atomic E-state index is 0. The number of ketones is 1. The molecule has 0 aliphatic carbocycles. The van der Waals surface area contributed by atoms with Crippen LogP contribution in [-0.2, 0) is 6.54 Å². The van der Waals surface area contributed by atoms with Crippen LogP contribution in [0.15, 0.2) is 59.3 Å². The highest BCUT2D eigenvalue weighted by Gasteiger charge is 2.10. The van der Waals surface area contributed by atoms with Crippen molar-refractivity contribution >= 4 is 38.7 Å². The molecular weight excluding hydrogens is 346 g/mol. The van der Waals surface area contributed by atoms with E-state index in [0.717, 1.165) is 10.0 Å². The Morgan fingerprint density at radius 2 is 1.65 bits per heavy atom. The van der Waals surface area contributed by atoms with Crippen molar-refractivity contribution in [1.82, 2.24) is 0 Å². The van der Waals surface area contributed by atoms with Crippen molar-refractivity contribution in [2.24, 2.45) is 0 Å². The van der Waals surface area contributed by atoms with Gasteiger partial charge in [-0.1, -0.05) is 34.1 Å². The van der Waals surface area contributed by atoms with E-state index in [1.807, 2.05) is 59.4 Å². The zero-order valence-electron chi connectivity index (χ0n) is 9.04. The standard InChI is InChI=1S/C13H11BrNO.BrH/c14-12-6-4-11(5-7-12)13(16)10-15-8-2-1-3-9-15;/h1-9H,10H2;1H/q+1;. The molecule has 0 saturated heterocycles. The lowest BCUT2D eigenvalue weighted by molar-refractivity contribution is -0.683. The molecular formula is C13H12Br2NO+. The van der Waals surface area contributed by atoms with Gasteiger partial charge >= 0.3 is 0 Å². The van der Waals surface area contributed by atoms with Crippen LogP contribution in [0.3, 0.4) is 0 Å². The average molecular weight is 358 g/mol. The molecule has 0 spiro atoms. The van der Waals surface area contributed by atoms with Gasteiger partial charge in [0.1, 0.15) is 0 Å². The molecule has 0 aliphatic rings. The normalized spacial score (nSPS) is 9.47. The van der Waals surface area contributed by atoms with Crippen molar-refractivity contribution in [3.05, 3.63) is 64.9 Å². The van der Waals surface area contributed by atoms with Gasteiger partial charge < -0.3 is 0 Å². The third kappa shape index (κ3) is 4.06. The molecule has 0 atom stereocenters. The minimum Gasteiger partial charge on any atom is -0.287 e.